The van der Waals surface area contributed by atoms with E-state index in [1.165, 1.54) is 17.2 Å². The maximum atomic E-state index is 12.2. The van der Waals surface area contributed by atoms with Gasteiger partial charge in [-0.25, -0.2) is 4.68 Å². The van der Waals surface area contributed by atoms with Crippen LogP contribution < -0.4 is 10.9 Å². The summed E-state index contributed by atoms with van der Waals surface area (Å²) in [6.07, 6.45) is 2.22. The molecule has 0 unspecified atom stereocenters. The fraction of sp³-hybridized carbons (Fsp3) is 0.500. The Morgan fingerprint density at radius 2 is 1.82 bits per heavy atom. The summed E-state index contributed by atoms with van der Waals surface area (Å²) in [5.74, 6) is 1.31. The van der Waals surface area contributed by atoms with Gasteiger partial charge in [-0.15, -0.1) is 0 Å². The fourth-order valence-electron chi connectivity index (χ4n) is 4.02. The average Bonchev–Trinajstić information content (AvgIpc) is 2.67. The molecule has 1 N–H and O–H groups in total. The lowest BCUT2D eigenvalue weighted by atomic mass is 9.92. The normalized spacial score (nSPS) is 20.1. The maximum Gasteiger partial charge on any atom is 0.267 e. The first kappa shape index (κ1) is 20.3. The van der Waals surface area contributed by atoms with Gasteiger partial charge in [0.05, 0.1) is 5.69 Å². The highest BCUT2D eigenvalue weighted by atomic mass is 16.2. The van der Waals surface area contributed by atoms with Crippen molar-refractivity contribution in [3.63, 3.8) is 0 Å². The van der Waals surface area contributed by atoms with Gasteiger partial charge in [0.2, 0.25) is 5.91 Å². The largest absolute Gasteiger partial charge is 0.354 e. The number of likely N-dealkylation sites (tertiary alicyclic amines) is 1. The van der Waals surface area contributed by atoms with Gasteiger partial charge in [0.15, 0.2) is 0 Å². The van der Waals surface area contributed by atoms with E-state index in [1.807, 2.05) is 30.3 Å². The first-order chi connectivity index (χ1) is 13.5. The summed E-state index contributed by atoms with van der Waals surface area (Å²) in [6, 6.07) is 12.8. The molecule has 2 atom stereocenters. The SMILES string of the molecule is C[C@@H]1C[C@@H](C)CN(CCCNC(=O)Cn2nc(-c3ccccc3)ccc2=O)C1. The Bertz CT molecular complexity index is 824. The number of carbonyl (C=O) groups is 1. The number of hydrogen-bond acceptors (Lipinski definition) is 4. The third-order valence-electron chi connectivity index (χ3n) is 5.15. The van der Waals surface area contributed by atoms with Crippen LogP contribution in [0.3, 0.4) is 0 Å². The van der Waals surface area contributed by atoms with Crippen molar-refractivity contribution < 1.29 is 4.79 Å². The number of hydrogen-bond donors (Lipinski definition) is 1. The maximum absolute atomic E-state index is 12.2. The van der Waals surface area contributed by atoms with E-state index in [-0.39, 0.29) is 18.0 Å². The predicted octanol–water partition coefficient (Wildman–Crippen LogP) is 2.39. The molecule has 1 amide bonds. The molecule has 28 heavy (non-hydrogen) atoms. The number of nitrogens with one attached hydrogen (secondary N) is 1. The topological polar surface area (TPSA) is 67.2 Å². The molecule has 1 aliphatic rings. The van der Waals surface area contributed by atoms with Crippen LogP contribution in [0.4, 0.5) is 0 Å². The van der Waals surface area contributed by atoms with Crippen molar-refractivity contribution in [3.8, 4) is 11.3 Å². The van der Waals surface area contributed by atoms with Gasteiger partial charge in [0, 0.05) is 31.3 Å². The van der Waals surface area contributed by atoms with Crippen molar-refractivity contribution in [1.29, 1.82) is 0 Å². The Morgan fingerprint density at radius 1 is 1.11 bits per heavy atom. The van der Waals surface area contributed by atoms with Gasteiger partial charge < -0.3 is 10.2 Å². The highest BCUT2D eigenvalue weighted by molar-refractivity contribution is 5.75. The fourth-order valence-corrected chi connectivity index (χ4v) is 4.02. The zero-order valence-corrected chi connectivity index (χ0v) is 16.8. The van der Waals surface area contributed by atoms with Crippen LogP contribution in [0.25, 0.3) is 11.3 Å². The highest BCUT2D eigenvalue weighted by Gasteiger charge is 2.21. The number of amides is 1. The number of piperidine rings is 1. The number of nitrogens with zero attached hydrogens (tertiary/aromatic N) is 3. The Morgan fingerprint density at radius 3 is 2.54 bits per heavy atom. The summed E-state index contributed by atoms with van der Waals surface area (Å²) in [5, 5.41) is 7.25. The second kappa shape index (κ2) is 9.64. The minimum absolute atomic E-state index is 0.0582. The molecule has 3 rings (SSSR count). The standard InChI is InChI=1S/C22H30N4O2/c1-17-13-18(2)15-25(14-17)12-6-11-23-21(27)16-26-22(28)10-9-20(24-26)19-7-4-3-5-8-19/h3-5,7-10,17-18H,6,11-16H2,1-2H3,(H,23,27)/t17-,18-/m1/s1. The average molecular weight is 383 g/mol. The van der Waals surface area contributed by atoms with Crippen molar-refractivity contribution in [2.24, 2.45) is 11.8 Å². The minimum atomic E-state index is -0.272. The molecule has 1 aliphatic heterocycles. The van der Waals surface area contributed by atoms with Gasteiger partial charge >= 0.3 is 0 Å². The second-order valence-electron chi connectivity index (χ2n) is 7.99. The Hall–Kier alpha value is -2.47. The molecule has 150 valence electrons. The minimum Gasteiger partial charge on any atom is -0.354 e. The third kappa shape index (κ3) is 5.76. The Balaban J connectivity index is 1.48. The van der Waals surface area contributed by atoms with Crippen LogP contribution in [-0.2, 0) is 11.3 Å². The van der Waals surface area contributed by atoms with Crippen LogP contribution in [0.5, 0.6) is 0 Å². The van der Waals surface area contributed by atoms with Gasteiger partial charge in [0.25, 0.3) is 5.56 Å². The predicted molar refractivity (Wildman–Crippen MR) is 111 cm³/mol. The molecule has 0 bridgehead atoms. The van der Waals surface area contributed by atoms with Gasteiger partial charge in [-0.3, -0.25) is 9.59 Å². The van der Waals surface area contributed by atoms with E-state index in [0.717, 1.165) is 43.5 Å². The molecule has 1 fully saturated rings. The van der Waals surface area contributed by atoms with E-state index in [4.69, 9.17) is 0 Å². The first-order valence-electron chi connectivity index (χ1n) is 10.1. The molecule has 0 saturated carbocycles. The molecular weight excluding hydrogens is 352 g/mol. The van der Waals surface area contributed by atoms with Crippen LogP contribution in [0, 0.1) is 11.8 Å². The van der Waals surface area contributed by atoms with Crippen LogP contribution >= 0.6 is 0 Å². The van der Waals surface area contributed by atoms with E-state index >= 15 is 0 Å². The Kier molecular flexibility index (Phi) is 6.98. The summed E-state index contributed by atoms with van der Waals surface area (Å²) < 4.78 is 1.23. The summed E-state index contributed by atoms with van der Waals surface area (Å²) in [6.45, 7) is 8.45. The van der Waals surface area contributed by atoms with E-state index in [1.54, 1.807) is 6.07 Å². The Labute approximate surface area is 166 Å². The second-order valence-corrected chi connectivity index (χ2v) is 7.99. The van der Waals surface area contributed by atoms with Gasteiger partial charge in [-0.2, -0.15) is 5.10 Å². The van der Waals surface area contributed by atoms with Gasteiger partial charge in [0.1, 0.15) is 6.54 Å². The van der Waals surface area contributed by atoms with Gasteiger partial charge in [-0.1, -0.05) is 44.2 Å². The number of carbonyl (C=O) groups excluding carboxylic acids is 1. The number of rotatable bonds is 7. The lowest BCUT2D eigenvalue weighted by molar-refractivity contribution is -0.121. The van der Waals surface area contributed by atoms with Crippen LogP contribution in [0.2, 0.25) is 0 Å². The lowest BCUT2D eigenvalue weighted by Gasteiger charge is -2.34. The molecule has 2 aromatic rings. The molecule has 6 nitrogen and oxygen atoms in total. The molecule has 6 heteroatoms. The van der Waals surface area contributed by atoms with E-state index in [9.17, 15) is 9.59 Å². The van der Waals surface area contributed by atoms with Crippen molar-refractivity contribution in [1.82, 2.24) is 20.0 Å². The van der Waals surface area contributed by atoms with Crippen molar-refractivity contribution in [3.05, 3.63) is 52.8 Å². The van der Waals surface area contributed by atoms with E-state index < -0.39 is 0 Å². The third-order valence-corrected chi connectivity index (χ3v) is 5.15. The highest BCUT2D eigenvalue weighted by Crippen LogP contribution is 2.20. The first-order valence-corrected chi connectivity index (χ1v) is 10.1. The molecule has 1 aromatic carbocycles. The van der Waals surface area contributed by atoms with E-state index in [0.29, 0.717) is 12.2 Å². The van der Waals surface area contributed by atoms with Crippen LogP contribution in [0.15, 0.2) is 47.3 Å². The molecular formula is C22H30N4O2. The van der Waals surface area contributed by atoms with Crippen LogP contribution in [0.1, 0.15) is 26.7 Å². The van der Waals surface area contributed by atoms with Crippen molar-refractivity contribution in [2.75, 3.05) is 26.2 Å². The van der Waals surface area contributed by atoms with E-state index in [2.05, 4.69) is 29.2 Å². The quantitative estimate of drug-likeness (QED) is 0.747. The lowest BCUT2D eigenvalue weighted by Crippen LogP contribution is -2.40. The molecule has 0 spiro atoms. The van der Waals surface area contributed by atoms with Crippen molar-refractivity contribution in [2.45, 2.75) is 33.2 Å². The number of benzene rings is 1. The zero-order chi connectivity index (χ0) is 19.9. The molecule has 1 aromatic heterocycles. The summed E-state index contributed by atoms with van der Waals surface area (Å²) in [5.41, 5.74) is 1.33. The molecule has 0 radical (unpaired) electrons. The monoisotopic (exact) mass is 382 g/mol. The smallest absolute Gasteiger partial charge is 0.267 e. The molecule has 1 saturated heterocycles. The molecule has 2 heterocycles. The van der Waals surface area contributed by atoms with Gasteiger partial charge in [-0.05, 0) is 37.3 Å². The van der Waals surface area contributed by atoms with Crippen molar-refractivity contribution >= 4 is 5.91 Å². The van der Waals surface area contributed by atoms with Crippen LogP contribution in [-0.4, -0.2) is 46.8 Å². The summed E-state index contributed by atoms with van der Waals surface area (Å²) in [4.78, 5) is 26.8. The molecule has 0 aliphatic carbocycles. The zero-order valence-electron chi connectivity index (χ0n) is 16.8. The number of aromatic nitrogens is 2. The summed E-state index contributed by atoms with van der Waals surface area (Å²) in [7, 11) is 0. The summed E-state index contributed by atoms with van der Waals surface area (Å²) >= 11 is 0.